The fourth-order valence-electron chi connectivity index (χ4n) is 1.89. The lowest BCUT2D eigenvalue weighted by Gasteiger charge is -2.15. The Morgan fingerprint density at radius 1 is 1.11 bits per heavy atom. The summed E-state index contributed by atoms with van der Waals surface area (Å²) < 4.78 is 31.3. The molecule has 0 saturated heterocycles. The average molecular weight is 263 g/mol. The van der Waals surface area contributed by atoms with Crippen LogP contribution in [0.1, 0.15) is 17.2 Å². The second kappa shape index (κ2) is 5.80. The zero-order chi connectivity index (χ0) is 13.8. The molecular formula is C15H15F2NO. The number of nitrogens with two attached hydrogens (primary N) is 1. The predicted molar refractivity (Wildman–Crippen MR) is 70.0 cm³/mol. The molecule has 0 amide bonds. The molecule has 2 nitrogen and oxygen atoms in total. The first-order valence-electron chi connectivity index (χ1n) is 5.96. The van der Waals surface area contributed by atoms with E-state index < -0.39 is 11.6 Å². The summed E-state index contributed by atoms with van der Waals surface area (Å²) in [4.78, 5) is 0. The van der Waals surface area contributed by atoms with Gasteiger partial charge in [-0.05, 0) is 18.1 Å². The van der Waals surface area contributed by atoms with E-state index >= 15 is 0 Å². The second-order valence-corrected chi connectivity index (χ2v) is 4.38. The lowest BCUT2D eigenvalue weighted by Crippen LogP contribution is -2.20. The monoisotopic (exact) mass is 263 g/mol. The van der Waals surface area contributed by atoms with Crippen LogP contribution in [0.3, 0.4) is 0 Å². The van der Waals surface area contributed by atoms with Crippen molar-refractivity contribution in [1.29, 1.82) is 0 Å². The number of aryl methyl sites for hydroxylation is 1. The molecule has 4 heteroatoms. The van der Waals surface area contributed by atoms with Gasteiger partial charge >= 0.3 is 0 Å². The molecule has 0 saturated carbocycles. The molecule has 1 atom stereocenters. The molecule has 0 fully saturated rings. The Hall–Kier alpha value is -1.94. The molecule has 0 bridgehead atoms. The van der Waals surface area contributed by atoms with Crippen LogP contribution in [0.2, 0.25) is 0 Å². The Morgan fingerprint density at radius 3 is 2.37 bits per heavy atom. The average Bonchev–Trinajstić information content (AvgIpc) is 2.35. The van der Waals surface area contributed by atoms with Gasteiger partial charge in [0.05, 0.1) is 6.04 Å². The Balaban J connectivity index is 2.04. The maximum Gasteiger partial charge on any atom is 0.129 e. The quantitative estimate of drug-likeness (QED) is 0.918. The highest BCUT2D eigenvalue weighted by Crippen LogP contribution is 2.19. The van der Waals surface area contributed by atoms with Gasteiger partial charge in [0.15, 0.2) is 0 Å². The summed E-state index contributed by atoms with van der Waals surface area (Å²) >= 11 is 0. The highest BCUT2D eigenvalue weighted by atomic mass is 19.1. The van der Waals surface area contributed by atoms with Crippen LogP contribution in [0, 0.1) is 18.6 Å². The van der Waals surface area contributed by atoms with Gasteiger partial charge in [-0.15, -0.1) is 0 Å². The van der Waals surface area contributed by atoms with Crippen LogP contribution in [0.5, 0.6) is 5.75 Å². The third kappa shape index (κ3) is 3.51. The number of halogens is 2. The smallest absolute Gasteiger partial charge is 0.129 e. The van der Waals surface area contributed by atoms with Crippen molar-refractivity contribution in [2.75, 3.05) is 6.61 Å². The van der Waals surface area contributed by atoms with Gasteiger partial charge in [-0.25, -0.2) is 8.78 Å². The highest BCUT2D eigenvalue weighted by molar-refractivity contribution is 5.29. The normalized spacial score (nSPS) is 12.2. The van der Waals surface area contributed by atoms with E-state index in [2.05, 4.69) is 0 Å². The van der Waals surface area contributed by atoms with E-state index in [0.717, 1.165) is 29.3 Å². The Morgan fingerprint density at radius 2 is 1.74 bits per heavy atom. The molecule has 0 aliphatic rings. The van der Waals surface area contributed by atoms with Crippen LogP contribution in [0.25, 0.3) is 0 Å². The summed E-state index contributed by atoms with van der Waals surface area (Å²) in [5.41, 5.74) is 8.02. The molecule has 0 heterocycles. The van der Waals surface area contributed by atoms with E-state index in [-0.39, 0.29) is 18.4 Å². The van der Waals surface area contributed by atoms with Crippen LogP contribution < -0.4 is 10.5 Å². The third-order valence-corrected chi connectivity index (χ3v) is 2.85. The minimum atomic E-state index is -0.667. The van der Waals surface area contributed by atoms with Crippen molar-refractivity contribution < 1.29 is 13.5 Å². The van der Waals surface area contributed by atoms with Crippen LogP contribution in [0.15, 0.2) is 42.5 Å². The Labute approximate surface area is 110 Å². The fraction of sp³-hybridized carbons (Fsp3) is 0.200. The van der Waals surface area contributed by atoms with E-state index in [1.807, 2.05) is 31.2 Å². The standard InChI is InChI=1S/C15H15F2NO/c1-10-4-2-3-5-14(10)15(18)9-19-13-7-11(16)6-12(17)8-13/h2-8,15H,9,18H2,1H3. The van der Waals surface area contributed by atoms with Crippen LogP contribution in [0.4, 0.5) is 8.78 Å². The summed E-state index contributed by atoms with van der Waals surface area (Å²) in [6.07, 6.45) is 0. The zero-order valence-corrected chi connectivity index (χ0v) is 10.6. The van der Waals surface area contributed by atoms with Crippen LogP contribution >= 0.6 is 0 Å². The molecule has 2 rings (SSSR count). The predicted octanol–water partition coefficient (Wildman–Crippen LogP) is 3.35. The molecule has 100 valence electrons. The van der Waals surface area contributed by atoms with Crippen molar-refractivity contribution in [2.45, 2.75) is 13.0 Å². The van der Waals surface area contributed by atoms with E-state index in [1.54, 1.807) is 0 Å². The van der Waals surface area contributed by atoms with Gasteiger partial charge in [0.1, 0.15) is 24.0 Å². The van der Waals surface area contributed by atoms with E-state index in [1.165, 1.54) is 0 Å². The Kier molecular flexibility index (Phi) is 4.12. The lowest BCUT2D eigenvalue weighted by molar-refractivity contribution is 0.287. The SMILES string of the molecule is Cc1ccccc1C(N)COc1cc(F)cc(F)c1. The molecule has 0 spiro atoms. The minimum absolute atomic E-state index is 0.140. The van der Waals surface area contributed by atoms with Gasteiger partial charge in [0.25, 0.3) is 0 Å². The molecule has 0 radical (unpaired) electrons. The summed E-state index contributed by atoms with van der Waals surface area (Å²) in [7, 11) is 0. The molecule has 19 heavy (non-hydrogen) atoms. The molecule has 0 aliphatic heterocycles. The van der Waals surface area contributed by atoms with Crippen LogP contribution in [-0.2, 0) is 0 Å². The fourth-order valence-corrected chi connectivity index (χ4v) is 1.89. The Bertz CT molecular complexity index is 552. The van der Waals surface area contributed by atoms with Gasteiger partial charge in [-0.3, -0.25) is 0 Å². The number of hydrogen-bond acceptors (Lipinski definition) is 2. The van der Waals surface area contributed by atoms with Crippen molar-refractivity contribution >= 4 is 0 Å². The largest absolute Gasteiger partial charge is 0.491 e. The lowest BCUT2D eigenvalue weighted by atomic mass is 10.0. The second-order valence-electron chi connectivity index (χ2n) is 4.38. The van der Waals surface area contributed by atoms with Crippen molar-refractivity contribution in [1.82, 2.24) is 0 Å². The van der Waals surface area contributed by atoms with Gasteiger partial charge in [0.2, 0.25) is 0 Å². The molecular weight excluding hydrogens is 248 g/mol. The maximum atomic E-state index is 13.0. The number of benzene rings is 2. The van der Waals surface area contributed by atoms with Gasteiger partial charge in [-0.1, -0.05) is 24.3 Å². The van der Waals surface area contributed by atoms with E-state index in [9.17, 15) is 8.78 Å². The van der Waals surface area contributed by atoms with E-state index in [4.69, 9.17) is 10.5 Å². The summed E-state index contributed by atoms with van der Waals surface area (Å²) in [6.45, 7) is 2.12. The van der Waals surface area contributed by atoms with Gasteiger partial charge in [0, 0.05) is 18.2 Å². The molecule has 1 unspecified atom stereocenters. The topological polar surface area (TPSA) is 35.2 Å². The first-order valence-corrected chi connectivity index (χ1v) is 5.96. The maximum absolute atomic E-state index is 13.0. The number of hydrogen-bond donors (Lipinski definition) is 1. The molecule has 2 aromatic carbocycles. The van der Waals surface area contributed by atoms with Crippen molar-refractivity contribution in [3.05, 3.63) is 65.2 Å². The third-order valence-electron chi connectivity index (χ3n) is 2.85. The van der Waals surface area contributed by atoms with Crippen molar-refractivity contribution in [3.8, 4) is 5.75 Å². The minimum Gasteiger partial charge on any atom is -0.491 e. The highest BCUT2D eigenvalue weighted by Gasteiger charge is 2.10. The molecule has 2 N–H and O–H groups in total. The van der Waals surface area contributed by atoms with Crippen LogP contribution in [-0.4, -0.2) is 6.61 Å². The number of rotatable bonds is 4. The van der Waals surface area contributed by atoms with Gasteiger partial charge < -0.3 is 10.5 Å². The molecule has 2 aromatic rings. The van der Waals surface area contributed by atoms with Gasteiger partial charge in [-0.2, -0.15) is 0 Å². The number of ether oxygens (including phenoxy) is 1. The molecule has 0 aromatic heterocycles. The summed E-state index contributed by atoms with van der Waals surface area (Å²) in [5.74, 6) is -1.19. The summed E-state index contributed by atoms with van der Waals surface area (Å²) in [6, 6.07) is 10.4. The first-order chi connectivity index (χ1) is 9.06. The zero-order valence-electron chi connectivity index (χ0n) is 10.6. The van der Waals surface area contributed by atoms with Crippen molar-refractivity contribution in [3.63, 3.8) is 0 Å². The summed E-state index contributed by atoms with van der Waals surface area (Å²) in [5, 5.41) is 0. The first kappa shape index (κ1) is 13.5. The molecule has 0 aliphatic carbocycles. The van der Waals surface area contributed by atoms with E-state index in [0.29, 0.717) is 0 Å². The van der Waals surface area contributed by atoms with Crippen molar-refractivity contribution in [2.24, 2.45) is 5.73 Å².